The number of nitrogens with one attached hydrogen (secondary N) is 1. The van der Waals surface area contributed by atoms with Crippen LogP contribution in [-0.4, -0.2) is 58.8 Å². The van der Waals surface area contributed by atoms with Gasteiger partial charge in [0.15, 0.2) is 5.15 Å². The van der Waals surface area contributed by atoms with Gasteiger partial charge in [-0.05, 0) is 38.5 Å². The van der Waals surface area contributed by atoms with Crippen LogP contribution in [-0.2, 0) is 15.0 Å². The fourth-order valence-electron chi connectivity index (χ4n) is 3.57. The molecule has 0 aliphatic carbocycles. The van der Waals surface area contributed by atoms with Gasteiger partial charge in [0.25, 0.3) is 0 Å². The topological polar surface area (TPSA) is 65.5 Å². The van der Waals surface area contributed by atoms with Gasteiger partial charge in [-0.3, -0.25) is 14.5 Å². The number of carbonyl (C=O) groups is 2. The molecule has 2 amide bonds. The largest absolute Gasteiger partial charge is 0.339 e. The van der Waals surface area contributed by atoms with Crippen LogP contribution in [0.1, 0.15) is 26.3 Å². The van der Waals surface area contributed by atoms with Crippen molar-refractivity contribution in [1.29, 1.82) is 0 Å². The zero-order chi connectivity index (χ0) is 21.0. The SMILES string of the molecule is CC(C(=O)Nc1cccnc1Cl)N1CCN(C(=O)C(C)(C)c2ccccc2)CC1. The monoisotopic (exact) mass is 414 g/mol. The number of amides is 2. The molecule has 1 aliphatic heterocycles. The zero-order valence-electron chi connectivity index (χ0n) is 17.1. The molecule has 0 saturated carbocycles. The Morgan fingerprint density at radius 3 is 2.34 bits per heavy atom. The van der Waals surface area contributed by atoms with Crippen molar-refractivity contribution in [3.63, 3.8) is 0 Å². The minimum atomic E-state index is -0.580. The molecular weight excluding hydrogens is 388 g/mol. The van der Waals surface area contributed by atoms with E-state index in [-0.39, 0.29) is 23.0 Å². The number of aromatic nitrogens is 1. The number of piperazine rings is 1. The van der Waals surface area contributed by atoms with Crippen LogP contribution in [0.4, 0.5) is 5.69 Å². The van der Waals surface area contributed by atoms with E-state index in [4.69, 9.17) is 11.6 Å². The Hall–Kier alpha value is -2.44. The summed E-state index contributed by atoms with van der Waals surface area (Å²) in [6.07, 6.45) is 1.58. The molecule has 1 aliphatic rings. The maximum Gasteiger partial charge on any atom is 0.241 e. The molecule has 29 heavy (non-hydrogen) atoms. The summed E-state index contributed by atoms with van der Waals surface area (Å²) >= 11 is 6.02. The molecule has 1 atom stereocenters. The number of halogens is 1. The zero-order valence-corrected chi connectivity index (χ0v) is 17.8. The first-order chi connectivity index (χ1) is 13.8. The van der Waals surface area contributed by atoms with E-state index in [1.807, 2.05) is 56.0 Å². The lowest BCUT2D eigenvalue weighted by Crippen LogP contribution is -2.56. The molecular formula is C22H27ClN4O2. The Kier molecular flexibility index (Phi) is 6.55. The smallest absolute Gasteiger partial charge is 0.241 e. The lowest BCUT2D eigenvalue weighted by molar-refractivity contribution is -0.138. The van der Waals surface area contributed by atoms with E-state index in [1.165, 1.54) is 0 Å². The molecule has 1 unspecified atom stereocenters. The van der Waals surface area contributed by atoms with Gasteiger partial charge in [-0.15, -0.1) is 0 Å². The second-order valence-corrected chi connectivity index (χ2v) is 8.18. The maximum atomic E-state index is 13.1. The van der Waals surface area contributed by atoms with Crippen LogP contribution < -0.4 is 5.32 Å². The number of rotatable bonds is 5. The van der Waals surface area contributed by atoms with Crippen molar-refractivity contribution < 1.29 is 9.59 Å². The van der Waals surface area contributed by atoms with Gasteiger partial charge in [0.2, 0.25) is 11.8 Å². The van der Waals surface area contributed by atoms with Gasteiger partial charge in [0, 0.05) is 32.4 Å². The highest BCUT2D eigenvalue weighted by Gasteiger charge is 2.36. The lowest BCUT2D eigenvalue weighted by atomic mass is 9.83. The second kappa shape index (κ2) is 8.93. The molecule has 1 aromatic heterocycles. The van der Waals surface area contributed by atoms with E-state index < -0.39 is 5.41 Å². The summed E-state index contributed by atoms with van der Waals surface area (Å²) in [5, 5.41) is 3.10. The van der Waals surface area contributed by atoms with Gasteiger partial charge < -0.3 is 10.2 Å². The maximum absolute atomic E-state index is 13.1. The summed E-state index contributed by atoms with van der Waals surface area (Å²) < 4.78 is 0. The van der Waals surface area contributed by atoms with Crippen molar-refractivity contribution >= 4 is 29.1 Å². The summed E-state index contributed by atoms with van der Waals surface area (Å²) in [4.78, 5) is 33.7. The predicted octanol–water partition coefficient (Wildman–Crippen LogP) is 3.18. The standard InChI is InChI=1S/C22H27ClN4O2/c1-16(20(28)25-18-10-7-11-24-19(18)23)26-12-14-27(15-13-26)21(29)22(2,3)17-8-5-4-6-9-17/h4-11,16H,12-15H2,1-3H3,(H,25,28). The Balaban J connectivity index is 1.57. The fraction of sp³-hybridized carbons (Fsp3) is 0.409. The number of carbonyl (C=O) groups excluding carboxylic acids is 2. The van der Waals surface area contributed by atoms with Crippen LogP contribution in [0.5, 0.6) is 0 Å². The Morgan fingerprint density at radius 2 is 1.72 bits per heavy atom. The molecule has 3 rings (SSSR count). The Labute approximate surface area is 176 Å². The average molecular weight is 415 g/mol. The number of hydrogen-bond donors (Lipinski definition) is 1. The van der Waals surface area contributed by atoms with E-state index in [2.05, 4.69) is 15.2 Å². The normalized spacial score (nSPS) is 16.3. The molecule has 154 valence electrons. The molecule has 1 saturated heterocycles. The van der Waals surface area contributed by atoms with Crippen LogP contribution in [0, 0.1) is 0 Å². The van der Waals surface area contributed by atoms with E-state index >= 15 is 0 Å². The van der Waals surface area contributed by atoms with E-state index in [1.54, 1.807) is 18.3 Å². The first-order valence-corrected chi connectivity index (χ1v) is 10.2. The molecule has 6 nitrogen and oxygen atoms in total. The van der Waals surface area contributed by atoms with Gasteiger partial charge >= 0.3 is 0 Å². The van der Waals surface area contributed by atoms with Crippen LogP contribution in [0.3, 0.4) is 0 Å². The quantitative estimate of drug-likeness (QED) is 0.763. The molecule has 0 radical (unpaired) electrons. The predicted molar refractivity (Wildman–Crippen MR) is 115 cm³/mol. The Bertz CT molecular complexity index is 864. The van der Waals surface area contributed by atoms with Crippen molar-refractivity contribution in [1.82, 2.24) is 14.8 Å². The van der Waals surface area contributed by atoms with Crippen molar-refractivity contribution in [2.45, 2.75) is 32.2 Å². The summed E-state index contributed by atoms with van der Waals surface area (Å²) in [5.74, 6) is -0.0214. The van der Waals surface area contributed by atoms with Gasteiger partial charge in [-0.1, -0.05) is 41.9 Å². The first kappa shape index (κ1) is 21.3. The molecule has 1 N–H and O–H groups in total. The van der Waals surface area contributed by atoms with Gasteiger partial charge in [-0.2, -0.15) is 0 Å². The van der Waals surface area contributed by atoms with Crippen molar-refractivity contribution in [3.8, 4) is 0 Å². The molecule has 2 aromatic rings. The van der Waals surface area contributed by atoms with Crippen molar-refractivity contribution in [2.75, 3.05) is 31.5 Å². The molecule has 1 fully saturated rings. The van der Waals surface area contributed by atoms with Gasteiger partial charge in [-0.25, -0.2) is 4.98 Å². The van der Waals surface area contributed by atoms with Gasteiger partial charge in [0.05, 0.1) is 17.1 Å². The highest BCUT2D eigenvalue weighted by atomic mass is 35.5. The molecule has 0 bridgehead atoms. The van der Waals surface area contributed by atoms with Crippen LogP contribution in [0.25, 0.3) is 0 Å². The molecule has 1 aromatic carbocycles. The average Bonchev–Trinajstić information content (AvgIpc) is 2.75. The fourth-order valence-corrected chi connectivity index (χ4v) is 3.73. The second-order valence-electron chi connectivity index (χ2n) is 7.83. The van der Waals surface area contributed by atoms with Crippen molar-refractivity contribution in [2.24, 2.45) is 0 Å². The third-order valence-corrected chi connectivity index (χ3v) is 5.88. The number of hydrogen-bond acceptors (Lipinski definition) is 4. The number of anilines is 1. The summed E-state index contributed by atoms with van der Waals surface area (Å²) in [5.41, 5.74) is 0.932. The van der Waals surface area contributed by atoms with E-state index in [0.29, 0.717) is 31.9 Å². The Morgan fingerprint density at radius 1 is 1.07 bits per heavy atom. The van der Waals surface area contributed by atoms with Crippen LogP contribution in [0.2, 0.25) is 5.15 Å². The lowest BCUT2D eigenvalue weighted by Gasteiger charge is -2.40. The summed E-state index contributed by atoms with van der Waals surface area (Å²) in [7, 11) is 0. The van der Waals surface area contributed by atoms with E-state index in [0.717, 1.165) is 5.56 Å². The minimum Gasteiger partial charge on any atom is -0.339 e. The number of benzene rings is 1. The number of nitrogens with zero attached hydrogens (tertiary/aromatic N) is 3. The van der Waals surface area contributed by atoms with Gasteiger partial charge in [0.1, 0.15) is 0 Å². The first-order valence-electron chi connectivity index (χ1n) is 9.81. The number of pyridine rings is 1. The molecule has 0 spiro atoms. The molecule has 2 heterocycles. The third kappa shape index (κ3) is 4.77. The highest BCUT2D eigenvalue weighted by molar-refractivity contribution is 6.32. The third-order valence-electron chi connectivity index (χ3n) is 5.58. The highest BCUT2D eigenvalue weighted by Crippen LogP contribution is 2.26. The van der Waals surface area contributed by atoms with Crippen LogP contribution in [0.15, 0.2) is 48.7 Å². The summed E-state index contributed by atoms with van der Waals surface area (Å²) in [6.45, 7) is 8.28. The molecule has 7 heteroatoms. The van der Waals surface area contributed by atoms with Crippen LogP contribution >= 0.6 is 11.6 Å². The minimum absolute atomic E-state index is 0.114. The van der Waals surface area contributed by atoms with E-state index in [9.17, 15) is 9.59 Å². The summed E-state index contributed by atoms with van der Waals surface area (Å²) in [6, 6.07) is 13.0. The van der Waals surface area contributed by atoms with Crippen molar-refractivity contribution in [3.05, 3.63) is 59.4 Å².